The Morgan fingerprint density at radius 2 is 1.85 bits per heavy atom. The van der Waals surface area contributed by atoms with Crippen LogP contribution in [-0.2, 0) is 6.54 Å². The maximum Gasteiger partial charge on any atom is 0.135 e. The zero-order valence-electron chi connectivity index (χ0n) is 12.1. The van der Waals surface area contributed by atoms with Crippen LogP contribution in [0.3, 0.4) is 0 Å². The highest BCUT2D eigenvalue weighted by molar-refractivity contribution is 6.33. The van der Waals surface area contributed by atoms with Gasteiger partial charge in [0.15, 0.2) is 0 Å². The van der Waals surface area contributed by atoms with E-state index >= 15 is 0 Å². The summed E-state index contributed by atoms with van der Waals surface area (Å²) in [4.78, 5) is 0. The van der Waals surface area contributed by atoms with Crippen molar-refractivity contribution < 1.29 is 4.42 Å². The molecule has 0 unspecified atom stereocenters. The normalized spacial score (nSPS) is 11.2. The van der Waals surface area contributed by atoms with E-state index in [0.29, 0.717) is 5.02 Å². The number of hydrogen-bond donors (Lipinski definition) is 1. The van der Waals surface area contributed by atoms with Gasteiger partial charge in [0.1, 0.15) is 11.5 Å². The number of rotatable bonds is 5. The summed E-state index contributed by atoms with van der Waals surface area (Å²) in [5.74, 6) is 1.74. The first-order valence-electron chi connectivity index (χ1n) is 6.60. The molecular weight excluding hydrogens is 293 g/mol. The van der Waals surface area contributed by atoms with Crippen LogP contribution in [0.1, 0.15) is 33.0 Å². The molecule has 2 aromatic rings. The molecule has 0 radical (unpaired) electrons. The van der Waals surface area contributed by atoms with Crippen molar-refractivity contribution in [3.63, 3.8) is 0 Å². The van der Waals surface area contributed by atoms with Gasteiger partial charge in [-0.25, -0.2) is 0 Å². The Balaban J connectivity index is 0.00000200. The quantitative estimate of drug-likeness (QED) is 0.810. The van der Waals surface area contributed by atoms with Gasteiger partial charge in [0.2, 0.25) is 0 Å². The Bertz CT molecular complexity index is 549. The van der Waals surface area contributed by atoms with E-state index in [1.165, 1.54) is 0 Å². The number of halogens is 2. The van der Waals surface area contributed by atoms with Gasteiger partial charge in [-0.05, 0) is 44.5 Å². The van der Waals surface area contributed by atoms with E-state index in [0.717, 1.165) is 30.0 Å². The van der Waals surface area contributed by atoms with Gasteiger partial charge in [0.25, 0.3) is 0 Å². The van der Waals surface area contributed by atoms with Gasteiger partial charge in [-0.1, -0.05) is 30.7 Å². The molecule has 1 heterocycles. The predicted octanol–water partition coefficient (Wildman–Crippen LogP) is 5.30. The van der Waals surface area contributed by atoms with Crippen LogP contribution in [0, 0.1) is 0 Å². The number of hydrogen-bond acceptors (Lipinski definition) is 2. The molecule has 2 nitrogen and oxygen atoms in total. The predicted molar refractivity (Wildman–Crippen MR) is 87.6 cm³/mol. The molecule has 4 heteroatoms. The van der Waals surface area contributed by atoms with Crippen molar-refractivity contribution in [3.8, 4) is 11.3 Å². The number of nitrogens with one attached hydrogen (secondary N) is 1. The fourth-order valence-corrected chi connectivity index (χ4v) is 1.96. The Morgan fingerprint density at radius 3 is 2.50 bits per heavy atom. The molecule has 0 spiro atoms. The van der Waals surface area contributed by atoms with E-state index in [4.69, 9.17) is 16.0 Å². The second kappa shape index (κ2) is 7.16. The molecule has 0 fully saturated rings. The summed E-state index contributed by atoms with van der Waals surface area (Å²) in [6.07, 6.45) is 1.07. The largest absolute Gasteiger partial charge is 0.460 e. The first-order valence-corrected chi connectivity index (χ1v) is 6.98. The lowest BCUT2D eigenvalue weighted by Gasteiger charge is -2.23. The van der Waals surface area contributed by atoms with Gasteiger partial charge in [-0.2, -0.15) is 0 Å². The molecule has 110 valence electrons. The fourth-order valence-electron chi connectivity index (χ4n) is 1.73. The zero-order valence-corrected chi connectivity index (χ0v) is 13.6. The highest BCUT2D eigenvalue weighted by Crippen LogP contribution is 2.29. The molecule has 1 N–H and O–H groups in total. The molecule has 1 aromatic heterocycles. The standard InChI is InChI=1S/C16H20ClNO.ClH/c1-4-16(2,3)18-11-12-9-10-15(19-12)13-7-5-6-8-14(13)17;/h5-10,18H,4,11H2,1-3H3;1H. The van der Waals surface area contributed by atoms with Crippen LogP contribution < -0.4 is 5.32 Å². The van der Waals surface area contributed by atoms with Crippen molar-refractivity contribution in [2.75, 3.05) is 0 Å². The second-order valence-electron chi connectivity index (χ2n) is 5.34. The molecule has 20 heavy (non-hydrogen) atoms. The minimum absolute atomic E-state index is 0. The van der Waals surface area contributed by atoms with Crippen LogP contribution in [0.2, 0.25) is 5.02 Å². The van der Waals surface area contributed by atoms with Crippen LogP contribution in [-0.4, -0.2) is 5.54 Å². The van der Waals surface area contributed by atoms with E-state index < -0.39 is 0 Å². The Kier molecular flexibility index (Phi) is 6.12. The van der Waals surface area contributed by atoms with Crippen molar-refractivity contribution in [2.24, 2.45) is 0 Å². The summed E-state index contributed by atoms with van der Waals surface area (Å²) < 4.78 is 5.84. The topological polar surface area (TPSA) is 25.2 Å². The monoisotopic (exact) mass is 313 g/mol. The second-order valence-corrected chi connectivity index (χ2v) is 5.74. The summed E-state index contributed by atoms with van der Waals surface area (Å²) in [5, 5.41) is 4.19. The van der Waals surface area contributed by atoms with Crippen LogP contribution in [0.15, 0.2) is 40.8 Å². The summed E-state index contributed by atoms with van der Waals surface area (Å²) in [7, 11) is 0. The van der Waals surface area contributed by atoms with Crippen molar-refractivity contribution in [1.29, 1.82) is 0 Å². The van der Waals surface area contributed by atoms with Gasteiger partial charge in [-0.3, -0.25) is 0 Å². The van der Waals surface area contributed by atoms with Gasteiger partial charge < -0.3 is 9.73 Å². The third kappa shape index (κ3) is 4.27. The lowest BCUT2D eigenvalue weighted by Crippen LogP contribution is -2.37. The van der Waals surface area contributed by atoms with Crippen molar-refractivity contribution >= 4 is 24.0 Å². The molecule has 0 aliphatic carbocycles. The smallest absolute Gasteiger partial charge is 0.135 e. The van der Waals surface area contributed by atoms with Gasteiger partial charge in [0.05, 0.1) is 11.6 Å². The van der Waals surface area contributed by atoms with Crippen LogP contribution >= 0.6 is 24.0 Å². The molecular formula is C16H21Cl2NO. The maximum absolute atomic E-state index is 6.16. The number of furan rings is 1. The highest BCUT2D eigenvalue weighted by Gasteiger charge is 2.15. The first kappa shape index (κ1) is 17.1. The Labute approximate surface area is 131 Å². The van der Waals surface area contributed by atoms with Gasteiger partial charge >= 0.3 is 0 Å². The Morgan fingerprint density at radius 1 is 1.15 bits per heavy atom. The fraction of sp³-hybridized carbons (Fsp3) is 0.375. The third-order valence-corrected chi connectivity index (χ3v) is 3.76. The van der Waals surface area contributed by atoms with Crippen LogP contribution in [0.5, 0.6) is 0 Å². The molecule has 0 aliphatic heterocycles. The first-order chi connectivity index (χ1) is 9.02. The lowest BCUT2D eigenvalue weighted by molar-refractivity contribution is 0.353. The van der Waals surface area contributed by atoms with E-state index in [-0.39, 0.29) is 17.9 Å². The summed E-state index contributed by atoms with van der Waals surface area (Å²) in [6, 6.07) is 11.7. The van der Waals surface area contributed by atoms with Crippen LogP contribution in [0.4, 0.5) is 0 Å². The highest BCUT2D eigenvalue weighted by atomic mass is 35.5. The summed E-state index contributed by atoms with van der Waals surface area (Å²) in [5.41, 5.74) is 1.06. The number of benzene rings is 1. The molecule has 1 aromatic carbocycles. The molecule has 0 amide bonds. The molecule has 0 saturated carbocycles. The summed E-state index contributed by atoms with van der Waals surface area (Å²) >= 11 is 6.16. The SMILES string of the molecule is CCC(C)(C)NCc1ccc(-c2ccccc2Cl)o1.Cl. The van der Waals surface area contributed by atoms with E-state index in [2.05, 4.69) is 26.1 Å². The van der Waals surface area contributed by atoms with Crippen molar-refractivity contribution in [3.05, 3.63) is 47.2 Å². The van der Waals surface area contributed by atoms with Crippen LogP contribution in [0.25, 0.3) is 11.3 Å². The maximum atomic E-state index is 6.16. The van der Waals surface area contributed by atoms with E-state index in [9.17, 15) is 0 Å². The zero-order chi connectivity index (χ0) is 13.9. The van der Waals surface area contributed by atoms with E-state index in [1.807, 2.05) is 36.4 Å². The molecule has 2 rings (SSSR count). The minimum atomic E-state index is 0. The average Bonchev–Trinajstić information content (AvgIpc) is 2.86. The van der Waals surface area contributed by atoms with Crippen molar-refractivity contribution in [2.45, 2.75) is 39.3 Å². The molecule has 0 aliphatic rings. The van der Waals surface area contributed by atoms with Gasteiger partial charge in [-0.15, -0.1) is 12.4 Å². The molecule has 0 atom stereocenters. The molecule has 0 saturated heterocycles. The lowest BCUT2D eigenvalue weighted by atomic mass is 10.0. The Hall–Kier alpha value is -0.960. The average molecular weight is 314 g/mol. The van der Waals surface area contributed by atoms with Gasteiger partial charge in [0, 0.05) is 11.1 Å². The third-order valence-electron chi connectivity index (χ3n) is 3.43. The van der Waals surface area contributed by atoms with Crippen molar-refractivity contribution in [1.82, 2.24) is 5.32 Å². The summed E-state index contributed by atoms with van der Waals surface area (Å²) in [6.45, 7) is 7.27. The van der Waals surface area contributed by atoms with E-state index in [1.54, 1.807) is 0 Å². The minimum Gasteiger partial charge on any atom is -0.460 e. The molecule has 0 bridgehead atoms.